The van der Waals surface area contributed by atoms with Crippen molar-refractivity contribution in [3.63, 3.8) is 0 Å². The number of carbonyl (C=O) groups is 1. The van der Waals surface area contributed by atoms with E-state index in [9.17, 15) is 13.2 Å². The van der Waals surface area contributed by atoms with Crippen LogP contribution in [0.3, 0.4) is 0 Å². The number of hydrogen-bond acceptors (Lipinski definition) is 5. The van der Waals surface area contributed by atoms with Crippen LogP contribution in [0.15, 0.2) is 28.0 Å². The van der Waals surface area contributed by atoms with E-state index in [0.717, 1.165) is 6.26 Å². The Kier molecular flexibility index (Phi) is 4.59. The van der Waals surface area contributed by atoms with Gasteiger partial charge in [-0.3, -0.25) is 4.79 Å². The first-order valence-electron chi connectivity index (χ1n) is 4.82. The second kappa shape index (κ2) is 5.55. The minimum absolute atomic E-state index is 0.0771. The summed E-state index contributed by atoms with van der Waals surface area (Å²) in [6.07, 6.45) is 3.04. The van der Waals surface area contributed by atoms with Gasteiger partial charge < -0.3 is 4.74 Å². The van der Waals surface area contributed by atoms with Gasteiger partial charge in [0.2, 0.25) is 0 Å². The maximum atomic E-state index is 11.6. The van der Waals surface area contributed by atoms with Gasteiger partial charge in [-0.15, -0.1) is 11.8 Å². The molecule has 0 saturated carbocycles. The Labute approximate surface area is 105 Å². The van der Waals surface area contributed by atoms with Gasteiger partial charge in [0.05, 0.1) is 18.4 Å². The van der Waals surface area contributed by atoms with E-state index in [0.29, 0.717) is 10.5 Å². The number of sulfone groups is 1. The van der Waals surface area contributed by atoms with Gasteiger partial charge in [-0.1, -0.05) is 6.07 Å². The zero-order valence-corrected chi connectivity index (χ0v) is 11.5. The Hall–Kier alpha value is -1.01. The monoisotopic (exact) mass is 274 g/mol. The molecule has 0 aliphatic carbocycles. The molecular weight excluding hydrogens is 260 g/mol. The molecule has 17 heavy (non-hydrogen) atoms. The Bertz CT molecular complexity index is 520. The number of carbonyl (C=O) groups excluding carboxylic acids is 1. The van der Waals surface area contributed by atoms with Crippen LogP contribution in [0, 0.1) is 0 Å². The highest BCUT2D eigenvalue weighted by Gasteiger charge is 2.14. The Morgan fingerprint density at radius 2 is 2.06 bits per heavy atom. The summed E-state index contributed by atoms with van der Waals surface area (Å²) in [7, 11) is -1.98. The van der Waals surface area contributed by atoms with Crippen molar-refractivity contribution in [2.75, 3.05) is 19.6 Å². The van der Waals surface area contributed by atoms with E-state index in [1.807, 2.05) is 6.26 Å². The largest absolute Gasteiger partial charge is 0.469 e. The van der Waals surface area contributed by atoms with Crippen LogP contribution in [-0.4, -0.2) is 34.0 Å². The Morgan fingerprint density at radius 1 is 1.41 bits per heavy atom. The third-order valence-corrected chi connectivity index (χ3v) is 4.27. The van der Waals surface area contributed by atoms with E-state index in [2.05, 4.69) is 4.74 Å². The van der Waals surface area contributed by atoms with Crippen molar-refractivity contribution in [3.8, 4) is 0 Å². The van der Waals surface area contributed by atoms with Gasteiger partial charge in [0, 0.05) is 11.2 Å². The third kappa shape index (κ3) is 3.74. The highest BCUT2D eigenvalue weighted by atomic mass is 32.2. The summed E-state index contributed by atoms with van der Waals surface area (Å²) in [6, 6.07) is 4.97. The minimum atomic E-state index is -3.28. The first-order chi connectivity index (χ1) is 7.88. The lowest BCUT2D eigenvalue weighted by Gasteiger charge is -2.08. The second-order valence-corrected chi connectivity index (χ2v) is 6.34. The van der Waals surface area contributed by atoms with Crippen LogP contribution in [0.4, 0.5) is 0 Å². The first kappa shape index (κ1) is 14.1. The van der Waals surface area contributed by atoms with Crippen molar-refractivity contribution >= 4 is 27.6 Å². The van der Waals surface area contributed by atoms with Crippen molar-refractivity contribution in [2.24, 2.45) is 0 Å². The Morgan fingerprint density at radius 3 is 2.53 bits per heavy atom. The Balaban J connectivity index is 3.19. The molecule has 1 aromatic rings. The van der Waals surface area contributed by atoms with E-state index in [4.69, 9.17) is 0 Å². The number of benzene rings is 1. The zero-order chi connectivity index (χ0) is 13.1. The molecule has 0 fully saturated rings. The molecule has 0 aromatic heterocycles. The van der Waals surface area contributed by atoms with Gasteiger partial charge in [0.25, 0.3) is 0 Å². The lowest BCUT2D eigenvalue weighted by Crippen LogP contribution is -2.06. The number of thioether (sulfide) groups is 1. The van der Waals surface area contributed by atoms with Crippen molar-refractivity contribution < 1.29 is 17.9 Å². The zero-order valence-electron chi connectivity index (χ0n) is 9.89. The van der Waals surface area contributed by atoms with Crippen LogP contribution in [-0.2, 0) is 25.8 Å². The highest BCUT2D eigenvalue weighted by molar-refractivity contribution is 7.99. The van der Waals surface area contributed by atoms with Crippen LogP contribution < -0.4 is 0 Å². The van der Waals surface area contributed by atoms with Crippen LogP contribution in [0.2, 0.25) is 0 Å². The summed E-state index contributed by atoms with van der Waals surface area (Å²) in [4.78, 5) is 12.1. The van der Waals surface area contributed by atoms with E-state index in [1.54, 1.807) is 12.1 Å². The summed E-state index contributed by atoms with van der Waals surface area (Å²) in [6.45, 7) is 0. The summed E-state index contributed by atoms with van der Waals surface area (Å²) < 4.78 is 27.7. The van der Waals surface area contributed by atoms with Gasteiger partial charge in [0.1, 0.15) is 0 Å². The fourth-order valence-corrected chi connectivity index (χ4v) is 3.33. The second-order valence-electron chi connectivity index (χ2n) is 3.51. The van der Waals surface area contributed by atoms with Crippen LogP contribution in [0.5, 0.6) is 0 Å². The molecule has 1 rings (SSSR count). The number of rotatable bonds is 4. The average molecular weight is 274 g/mol. The molecule has 0 spiro atoms. The minimum Gasteiger partial charge on any atom is -0.469 e. The molecule has 0 unspecified atom stereocenters. The summed E-state index contributed by atoms with van der Waals surface area (Å²) in [5, 5.41) is 0. The topological polar surface area (TPSA) is 60.4 Å². The van der Waals surface area contributed by atoms with E-state index in [1.165, 1.54) is 24.9 Å². The predicted molar refractivity (Wildman–Crippen MR) is 67.1 cm³/mol. The summed E-state index contributed by atoms with van der Waals surface area (Å²) in [5.41, 5.74) is 0.634. The van der Waals surface area contributed by atoms with E-state index in [-0.39, 0.29) is 17.3 Å². The smallest absolute Gasteiger partial charge is 0.309 e. The molecule has 4 nitrogen and oxygen atoms in total. The van der Waals surface area contributed by atoms with Gasteiger partial charge in [-0.05, 0) is 24.0 Å². The molecule has 0 saturated heterocycles. The van der Waals surface area contributed by atoms with Crippen molar-refractivity contribution in [3.05, 3.63) is 23.8 Å². The van der Waals surface area contributed by atoms with Gasteiger partial charge in [0.15, 0.2) is 9.84 Å². The molecule has 0 atom stereocenters. The van der Waals surface area contributed by atoms with Crippen molar-refractivity contribution in [1.29, 1.82) is 0 Å². The molecule has 94 valence electrons. The molecular formula is C11H14O4S2. The number of ether oxygens (including phenoxy) is 1. The first-order valence-corrected chi connectivity index (χ1v) is 7.94. The average Bonchev–Trinajstić information content (AvgIpc) is 2.27. The third-order valence-electron chi connectivity index (χ3n) is 2.20. The van der Waals surface area contributed by atoms with Crippen LogP contribution in [0.1, 0.15) is 5.56 Å². The molecule has 6 heteroatoms. The maximum absolute atomic E-state index is 11.6. The standard InChI is InChI=1S/C11H14O4S2/c1-15-11(12)7-8-4-5-9(16-2)10(6-8)17(3,13)14/h4-6H,7H2,1-3H3. The molecule has 0 bridgehead atoms. The van der Waals surface area contributed by atoms with Crippen LogP contribution >= 0.6 is 11.8 Å². The van der Waals surface area contributed by atoms with E-state index < -0.39 is 9.84 Å². The molecule has 0 aliphatic rings. The molecule has 0 heterocycles. The molecule has 0 aliphatic heterocycles. The predicted octanol–water partition coefficient (Wildman–Crippen LogP) is 1.53. The quantitative estimate of drug-likeness (QED) is 0.615. The molecule has 1 aromatic carbocycles. The lowest BCUT2D eigenvalue weighted by atomic mass is 10.1. The highest BCUT2D eigenvalue weighted by Crippen LogP contribution is 2.26. The number of methoxy groups -OCH3 is 1. The van der Waals surface area contributed by atoms with Gasteiger partial charge in [-0.2, -0.15) is 0 Å². The van der Waals surface area contributed by atoms with Crippen LogP contribution in [0.25, 0.3) is 0 Å². The molecule has 0 radical (unpaired) electrons. The van der Waals surface area contributed by atoms with Gasteiger partial charge in [-0.25, -0.2) is 8.42 Å². The SMILES string of the molecule is COC(=O)Cc1ccc(SC)c(S(C)(=O)=O)c1. The fraction of sp³-hybridized carbons (Fsp3) is 0.364. The summed E-state index contributed by atoms with van der Waals surface area (Å²) >= 11 is 1.36. The molecule has 0 amide bonds. The normalized spacial score (nSPS) is 11.2. The van der Waals surface area contributed by atoms with Gasteiger partial charge >= 0.3 is 5.97 Å². The maximum Gasteiger partial charge on any atom is 0.309 e. The fourth-order valence-electron chi connectivity index (χ4n) is 1.36. The summed E-state index contributed by atoms with van der Waals surface area (Å²) in [5.74, 6) is -0.388. The van der Waals surface area contributed by atoms with Crippen molar-refractivity contribution in [2.45, 2.75) is 16.2 Å². The lowest BCUT2D eigenvalue weighted by molar-refractivity contribution is -0.139. The number of hydrogen-bond donors (Lipinski definition) is 0. The van der Waals surface area contributed by atoms with E-state index >= 15 is 0 Å². The van der Waals surface area contributed by atoms with Crippen molar-refractivity contribution in [1.82, 2.24) is 0 Å². The molecule has 0 N–H and O–H groups in total. The number of esters is 1.